The lowest BCUT2D eigenvalue weighted by Gasteiger charge is -2.39. The minimum atomic E-state index is -1.84. The molecule has 3 aromatic rings. The lowest BCUT2D eigenvalue weighted by atomic mass is 9.99. The molecule has 2 aromatic carbocycles. The molecule has 2 unspecified atom stereocenters. The molecule has 1 fully saturated rings. The highest BCUT2D eigenvalue weighted by atomic mass is 16.7. The number of fused-ring (bicyclic) bond motifs is 1. The van der Waals surface area contributed by atoms with Crippen molar-refractivity contribution in [1.29, 1.82) is 0 Å². The standard InChI is InChI=1S/C21H20O12/c22-6-14-17(28)18(29)19(30)21(32-14)33-20-15-10(25)4-12(7-1-2-8(23)9(24)3-7)31-13(15)5-11(26)16(20)27/h1-5,14,17-19,21-24,26-30H,6H2/t14?,17-,18+,19?,21+/m1/s1. The molecule has 12 nitrogen and oxygen atoms in total. The molecule has 12 heteroatoms. The molecular weight excluding hydrogens is 444 g/mol. The van der Waals surface area contributed by atoms with Gasteiger partial charge in [-0.3, -0.25) is 4.79 Å². The lowest BCUT2D eigenvalue weighted by molar-refractivity contribution is -0.277. The van der Waals surface area contributed by atoms with E-state index in [1.807, 2.05) is 0 Å². The second-order valence-corrected chi connectivity index (χ2v) is 7.44. The predicted octanol–water partition coefficient (Wildman–Crippen LogP) is -0.539. The van der Waals surface area contributed by atoms with Crippen LogP contribution in [0.4, 0.5) is 0 Å². The van der Waals surface area contributed by atoms with Crippen LogP contribution < -0.4 is 10.2 Å². The van der Waals surface area contributed by atoms with Gasteiger partial charge in [-0.25, -0.2) is 0 Å². The summed E-state index contributed by atoms with van der Waals surface area (Å²) in [5, 5.41) is 78.6. The highest BCUT2D eigenvalue weighted by Gasteiger charge is 2.45. The fourth-order valence-electron chi connectivity index (χ4n) is 3.48. The van der Waals surface area contributed by atoms with Gasteiger partial charge in [0, 0.05) is 17.7 Å². The van der Waals surface area contributed by atoms with Crippen molar-refractivity contribution in [2.75, 3.05) is 6.61 Å². The summed E-state index contributed by atoms with van der Waals surface area (Å²) in [6, 6.07) is 5.63. The Morgan fingerprint density at radius 2 is 1.61 bits per heavy atom. The molecule has 0 amide bonds. The number of aliphatic hydroxyl groups is 4. The molecule has 1 aliphatic rings. The quantitative estimate of drug-likeness (QED) is 0.229. The van der Waals surface area contributed by atoms with Crippen LogP contribution in [-0.2, 0) is 4.74 Å². The Balaban J connectivity index is 1.81. The number of hydrogen-bond donors (Lipinski definition) is 8. The van der Waals surface area contributed by atoms with Crippen molar-refractivity contribution >= 4 is 11.0 Å². The summed E-state index contributed by atoms with van der Waals surface area (Å²) in [5.74, 6) is -3.18. The van der Waals surface area contributed by atoms with Crippen LogP contribution in [0.3, 0.4) is 0 Å². The molecule has 1 aromatic heterocycles. The summed E-state index contributed by atoms with van der Waals surface area (Å²) in [7, 11) is 0. The number of phenolic OH excluding ortho intramolecular Hbond substituents is 4. The normalized spacial score (nSPS) is 25.3. The first-order valence-corrected chi connectivity index (χ1v) is 9.64. The van der Waals surface area contributed by atoms with E-state index in [1.165, 1.54) is 12.1 Å². The molecular formula is C21H20O12. The lowest BCUT2D eigenvalue weighted by Crippen LogP contribution is -2.60. The number of rotatable bonds is 4. The number of ether oxygens (including phenoxy) is 2. The van der Waals surface area contributed by atoms with Gasteiger partial charge in [0.2, 0.25) is 12.0 Å². The SMILES string of the molecule is O=c1cc(-c2ccc(O)c(O)c2)oc2cc(O)c(O)c(O[C@@H]3OC(CO)[C@@H](O)[C@H](O)C3O)c12. The van der Waals surface area contributed by atoms with E-state index in [-0.39, 0.29) is 28.0 Å². The molecule has 0 bridgehead atoms. The summed E-state index contributed by atoms with van der Waals surface area (Å²) in [5.41, 5.74) is -0.790. The van der Waals surface area contributed by atoms with Gasteiger partial charge < -0.3 is 54.7 Å². The van der Waals surface area contributed by atoms with E-state index < -0.39 is 65.7 Å². The first-order valence-electron chi connectivity index (χ1n) is 9.64. The Morgan fingerprint density at radius 3 is 2.27 bits per heavy atom. The summed E-state index contributed by atoms with van der Waals surface area (Å²) in [4.78, 5) is 12.9. The molecule has 33 heavy (non-hydrogen) atoms. The number of hydrogen-bond acceptors (Lipinski definition) is 12. The van der Waals surface area contributed by atoms with Gasteiger partial charge in [-0.05, 0) is 18.2 Å². The average Bonchev–Trinajstić information content (AvgIpc) is 2.78. The smallest absolute Gasteiger partial charge is 0.229 e. The largest absolute Gasteiger partial charge is 0.504 e. The van der Waals surface area contributed by atoms with Gasteiger partial charge >= 0.3 is 0 Å². The van der Waals surface area contributed by atoms with Crippen LogP contribution in [0.25, 0.3) is 22.3 Å². The molecule has 5 atom stereocenters. The van der Waals surface area contributed by atoms with Crippen molar-refractivity contribution in [3.8, 4) is 40.1 Å². The van der Waals surface area contributed by atoms with Gasteiger partial charge in [0.25, 0.3) is 0 Å². The van der Waals surface area contributed by atoms with Crippen molar-refractivity contribution in [3.05, 3.63) is 40.6 Å². The molecule has 2 heterocycles. The van der Waals surface area contributed by atoms with Crippen molar-refractivity contribution in [2.24, 2.45) is 0 Å². The minimum Gasteiger partial charge on any atom is -0.504 e. The Hall–Kier alpha value is -3.55. The third-order valence-electron chi connectivity index (χ3n) is 5.27. The minimum absolute atomic E-state index is 0.0494. The molecule has 0 spiro atoms. The van der Waals surface area contributed by atoms with Gasteiger partial charge in [-0.2, -0.15) is 0 Å². The summed E-state index contributed by atoms with van der Waals surface area (Å²) in [6.07, 6.45) is -8.34. The van der Waals surface area contributed by atoms with E-state index in [1.54, 1.807) is 0 Å². The first-order chi connectivity index (χ1) is 15.6. The van der Waals surface area contributed by atoms with Crippen molar-refractivity contribution in [2.45, 2.75) is 30.7 Å². The zero-order valence-corrected chi connectivity index (χ0v) is 16.7. The predicted molar refractivity (Wildman–Crippen MR) is 109 cm³/mol. The third kappa shape index (κ3) is 3.90. The van der Waals surface area contributed by atoms with E-state index in [4.69, 9.17) is 13.9 Å². The zero-order chi connectivity index (χ0) is 24.0. The summed E-state index contributed by atoms with van der Waals surface area (Å²) < 4.78 is 16.3. The Morgan fingerprint density at radius 1 is 0.879 bits per heavy atom. The van der Waals surface area contributed by atoms with E-state index in [0.29, 0.717) is 0 Å². The maximum atomic E-state index is 12.9. The number of aliphatic hydroxyl groups excluding tert-OH is 4. The summed E-state index contributed by atoms with van der Waals surface area (Å²) >= 11 is 0. The molecule has 0 aliphatic carbocycles. The molecule has 4 rings (SSSR count). The first kappa shape index (κ1) is 22.6. The maximum absolute atomic E-state index is 12.9. The third-order valence-corrected chi connectivity index (χ3v) is 5.27. The van der Waals surface area contributed by atoms with E-state index in [0.717, 1.165) is 18.2 Å². The van der Waals surface area contributed by atoms with Crippen molar-refractivity contribution in [3.63, 3.8) is 0 Å². The monoisotopic (exact) mass is 464 g/mol. The van der Waals surface area contributed by atoms with Crippen LogP contribution in [-0.4, -0.2) is 78.2 Å². The van der Waals surface area contributed by atoms with Crippen LogP contribution in [0.5, 0.6) is 28.7 Å². The molecule has 1 saturated heterocycles. The van der Waals surface area contributed by atoms with E-state index in [2.05, 4.69) is 0 Å². The van der Waals surface area contributed by atoms with Gasteiger partial charge in [0.15, 0.2) is 28.4 Å². The van der Waals surface area contributed by atoms with E-state index >= 15 is 0 Å². The molecule has 8 N–H and O–H groups in total. The molecule has 176 valence electrons. The number of aromatic hydroxyl groups is 4. The maximum Gasteiger partial charge on any atom is 0.229 e. The molecule has 0 saturated carbocycles. The van der Waals surface area contributed by atoms with Gasteiger partial charge in [0.05, 0.1) is 6.61 Å². The second-order valence-electron chi connectivity index (χ2n) is 7.44. The number of phenols is 4. The van der Waals surface area contributed by atoms with E-state index in [9.17, 15) is 45.6 Å². The van der Waals surface area contributed by atoms with Gasteiger partial charge in [-0.15, -0.1) is 0 Å². The molecule has 0 radical (unpaired) electrons. The zero-order valence-electron chi connectivity index (χ0n) is 16.7. The average molecular weight is 464 g/mol. The number of benzene rings is 2. The van der Waals surface area contributed by atoms with Crippen LogP contribution in [0.1, 0.15) is 0 Å². The Kier molecular flexibility index (Phi) is 5.78. The van der Waals surface area contributed by atoms with Crippen LogP contribution in [0, 0.1) is 0 Å². The van der Waals surface area contributed by atoms with Gasteiger partial charge in [0.1, 0.15) is 41.1 Å². The van der Waals surface area contributed by atoms with Crippen molar-refractivity contribution < 1.29 is 54.7 Å². The fourth-order valence-corrected chi connectivity index (χ4v) is 3.48. The topological polar surface area (TPSA) is 211 Å². The highest BCUT2D eigenvalue weighted by Crippen LogP contribution is 2.43. The fraction of sp³-hybridized carbons (Fsp3) is 0.286. The van der Waals surface area contributed by atoms with Crippen LogP contribution in [0.2, 0.25) is 0 Å². The second kappa shape index (κ2) is 8.42. The highest BCUT2D eigenvalue weighted by molar-refractivity contribution is 5.89. The Bertz CT molecular complexity index is 1250. The molecule has 1 aliphatic heterocycles. The van der Waals surface area contributed by atoms with Crippen molar-refractivity contribution in [1.82, 2.24) is 0 Å². The van der Waals surface area contributed by atoms with Crippen LogP contribution >= 0.6 is 0 Å². The Labute approximate surface area is 184 Å². The van der Waals surface area contributed by atoms with Crippen LogP contribution in [0.15, 0.2) is 39.5 Å². The van der Waals surface area contributed by atoms with Gasteiger partial charge in [-0.1, -0.05) is 0 Å². The summed E-state index contributed by atoms with van der Waals surface area (Å²) in [6.45, 7) is -0.734.